The van der Waals surface area contributed by atoms with Crippen LogP contribution in [0, 0.1) is 0 Å². The highest BCUT2D eigenvalue weighted by atomic mass is 16.2. The number of aromatic amines is 2. The first-order chi connectivity index (χ1) is 7.63. The van der Waals surface area contributed by atoms with Crippen LogP contribution in [-0.4, -0.2) is 34.2 Å². The average molecular weight is 227 g/mol. The lowest BCUT2D eigenvalue weighted by atomic mass is 10.4. The second kappa shape index (κ2) is 5.69. The molecule has 1 amide bonds. The molecule has 1 heterocycles. The maximum Gasteiger partial charge on any atom is 0.342 e. The zero-order chi connectivity index (χ0) is 12.0. The van der Waals surface area contributed by atoms with E-state index >= 15 is 0 Å². The topological polar surface area (TPSA) is 120 Å². The molecule has 0 fully saturated rings. The Labute approximate surface area is 90.5 Å². The van der Waals surface area contributed by atoms with Gasteiger partial charge in [-0.1, -0.05) is 6.92 Å². The Morgan fingerprint density at radius 3 is 2.81 bits per heavy atom. The number of rotatable bonds is 5. The van der Waals surface area contributed by atoms with E-state index in [0.29, 0.717) is 6.54 Å². The quantitative estimate of drug-likeness (QED) is 0.482. The Hall–Kier alpha value is -2.12. The molecule has 0 aliphatic heterocycles. The van der Waals surface area contributed by atoms with Gasteiger partial charge in [-0.05, 0) is 6.42 Å². The van der Waals surface area contributed by atoms with Crippen LogP contribution in [0.4, 0.5) is 5.82 Å². The normalized spacial score (nSPS) is 9.81. The van der Waals surface area contributed by atoms with Crippen molar-refractivity contribution >= 4 is 11.7 Å². The van der Waals surface area contributed by atoms with Gasteiger partial charge in [0.1, 0.15) is 0 Å². The predicted molar refractivity (Wildman–Crippen MR) is 57.3 cm³/mol. The second-order valence-corrected chi connectivity index (χ2v) is 3.06. The molecule has 8 heteroatoms. The summed E-state index contributed by atoms with van der Waals surface area (Å²) in [7, 11) is 0. The van der Waals surface area contributed by atoms with E-state index in [2.05, 4.69) is 20.8 Å². The van der Waals surface area contributed by atoms with Gasteiger partial charge in [0.25, 0.3) is 5.56 Å². The molecular weight excluding hydrogens is 214 g/mol. The van der Waals surface area contributed by atoms with Crippen LogP contribution in [0.3, 0.4) is 0 Å². The van der Waals surface area contributed by atoms with Crippen molar-refractivity contribution in [3.8, 4) is 0 Å². The molecule has 0 atom stereocenters. The van der Waals surface area contributed by atoms with Gasteiger partial charge in [0.05, 0.1) is 6.54 Å². The number of carbonyl (C=O) groups excluding carboxylic acids is 1. The summed E-state index contributed by atoms with van der Waals surface area (Å²) >= 11 is 0. The maximum atomic E-state index is 11.2. The molecule has 0 bridgehead atoms. The molecule has 1 rings (SSSR count). The minimum absolute atomic E-state index is 0.0673. The molecule has 0 aliphatic carbocycles. The number of aromatic nitrogens is 3. The van der Waals surface area contributed by atoms with E-state index in [-0.39, 0.29) is 18.3 Å². The van der Waals surface area contributed by atoms with Crippen LogP contribution in [0.25, 0.3) is 0 Å². The largest absolute Gasteiger partial charge is 0.355 e. The Morgan fingerprint density at radius 1 is 1.44 bits per heavy atom. The molecule has 1 aromatic heterocycles. The smallest absolute Gasteiger partial charge is 0.342 e. The van der Waals surface area contributed by atoms with Gasteiger partial charge in [-0.2, -0.15) is 0 Å². The van der Waals surface area contributed by atoms with Crippen LogP contribution in [0.2, 0.25) is 0 Å². The number of hydrogen-bond acceptors (Lipinski definition) is 5. The van der Waals surface area contributed by atoms with Crippen molar-refractivity contribution in [2.75, 3.05) is 18.4 Å². The fourth-order valence-electron chi connectivity index (χ4n) is 0.958. The third-order valence-electron chi connectivity index (χ3n) is 1.70. The number of carbonyl (C=O) groups is 1. The zero-order valence-corrected chi connectivity index (χ0v) is 8.79. The van der Waals surface area contributed by atoms with Crippen molar-refractivity contribution in [2.24, 2.45) is 0 Å². The van der Waals surface area contributed by atoms with E-state index in [0.717, 1.165) is 6.42 Å². The van der Waals surface area contributed by atoms with Crippen molar-refractivity contribution < 1.29 is 4.79 Å². The van der Waals surface area contributed by atoms with Gasteiger partial charge in [0.15, 0.2) is 0 Å². The minimum Gasteiger partial charge on any atom is -0.355 e. The third-order valence-corrected chi connectivity index (χ3v) is 1.70. The van der Waals surface area contributed by atoms with Gasteiger partial charge >= 0.3 is 5.69 Å². The van der Waals surface area contributed by atoms with E-state index in [1.807, 2.05) is 11.9 Å². The van der Waals surface area contributed by atoms with E-state index in [1.54, 1.807) is 0 Å². The van der Waals surface area contributed by atoms with Gasteiger partial charge in [-0.15, -0.1) is 5.10 Å². The fourth-order valence-corrected chi connectivity index (χ4v) is 0.958. The molecule has 8 nitrogen and oxygen atoms in total. The summed E-state index contributed by atoms with van der Waals surface area (Å²) in [6, 6.07) is 0. The summed E-state index contributed by atoms with van der Waals surface area (Å²) in [4.78, 5) is 34.9. The molecule has 0 aliphatic rings. The molecule has 0 aromatic carbocycles. The number of hydrogen-bond donors (Lipinski definition) is 4. The lowest BCUT2D eigenvalue weighted by molar-refractivity contribution is -0.119. The standard InChI is InChI=1S/C8H13N5O3/c1-2-3-9-5(14)4-10-6-7(15)11-8(16)13-12-6/h2-4H2,1H3,(H,9,14)(H,10,12)(H2,11,13,15,16). The Bertz CT molecular complexity index is 463. The summed E-state index contributed by atoms with van der Waals surface area (Å²) in [5.41, 5.74) is -1.35. The van der Waals surface area contributed by atoms with Crippen LogP contribution in [0.1, 0.15) is 13.3 Å². The van der Waals surface area contributed by atoms with Gasteiger partial charge in [-0.3, -0.25) is 14.6 Å². The van der Waals surface area contributed by atoms with Crippen LogP contribution >= 0.6 is 0 Å². The number of nitrogens with zero attached hydrogens (tertiary/aromatic N) is 1. The molecule has 0 spiro atoms. The summed E-state index contributed by atoms with van der Waals surface area (Å²) in [5.74, 6) is -0.333. The Kier molecular flexibility index (Phi) is 4.25. The average Bonchev–Trinajstić information content (AvgIpc) is 2.25. The van der Waals surface area contributed by atoms with Crippen molar-refractivity contribution in [2.45, 2.75) is 13.3 Å². The highest BCUT2D eigenvalue weighted by molar-refractivity contribution is 5.80. The first-order valence-corrected chi connectivity index (χ1v) is 4.83. The molecule has 0 saturated carbocycles. The molecule has 1 aromatic rings. The van der Waals surface area contributed by atoms with Gasteiger partial charge < -0.3 is 10.6 Å². The lowest BCUT2D eigenvalue weighted by Gasteiger charge is -2.04. The lowest BCUT2D eigenvalue weighted by Crippen LogP contribution is -2.33. The summed E-state index contributed by atoms with van der Waals surface area (Å²) in [6.45, 7) is 2.44. The SMILES string of the molecule is CCCNC(=O)CNc1n[nH]c(=O)[nH]c1=O. The minimum atomic E-state index is -0.689. The van der Waals surface area contributed by atoms with Crippen molar-refractivity contribution in [3.05, 3.63) is 20.8 Å². The molecule has 88 valence electrons. The van der Waals surface area contributed by atoms with Gasteiger partial charge in [0.2, 0.25) is 11.7 Å². The van der Waals surface area contributed by atoms with Crippen LogP contribution < -0.4 is 21.9 Å². The van der Waals surface area contributed by atoms with Gasteiger partial charge in [0, 0.05) is 6.54 Å². The van der Waals surface area contributed by atoms with Crippen molar-refractivity contribution in [1.82, 2.24) is 20.5 Å². The number of H-pyrrole nitrogens is 2. The van der Waals surface area contributed by atoms with Gasteiger partial charge in [-0.25, -0.2) is 9.89 Å². The number of nitrogens with one attached hydrogen (secondary N) is 4. The molecule has 16 heavy (non-hydrogen) atoms. The summed E-state index contributed by atoms with van der Waals surface area (Å²) in [6.07, 6.45) is 0.837. The monoisotopic (exact) mass is 227 g/mol. The molecule has 0 unspecified atom stereocenters. The van der Waals surface area contributed by atoms with E-state index in [4.69, 9.17) is 0 Å². The van der Waals surface area contributed by atoms with Crippen molar-refractivity contribution in [3.63, 3.8) is 0 Å². The third kappa shape index (κ3) is 3.56. The predicted octanol–water partition coefficient (Wildman–Crippen LogP) is -1.60. The summed E-state index contributed by atoms with van der Waals surface area (Å²) < 4.78 is 0. The maximum absolute atomic E-state index is 11.2. The zero-order valence-electron chi connectivity index (χ0n) is 8.79. The molecular formula is C8H13N5O3. The number of amides is 1. The van der Waals surface area contributed by atoms with E-state index in [9.17, 15) is 14.4 Å². The molecule has 0 saturated heterocycles. The first kappa shape index (κ1) is 12.0. The van der Waals surface area contributed by atoms with Crippen LogP contribution in [0.5, 0.6) is 0 Å². The van der Waals surface area contributed by atoms with E-state index < -0.39 is 11.2 Å². The number of anilines is 1. The molecule has 4 N–H and O–H groups in total. The highest BCUT2D eigenvalue weighted by Gasteiger charge is 2.04. The Balaban J connectivity index is 2.52. The Morgan fingerprint density at radius 2 is 2.19 bits per heavy atom. The highest BCUT2D eigenvalue weighted by Crippen LogP contribution is 1.84. The van der Waals surface area contributed by atoms with Crippen LogP contribution in [0.15, 0.2) is 9.59 Å². The van der Waals surface area contributed by atoms with Crippen molar-refractivity contribution in [1.29, 1.82) is 0 Å². The molecule has 0 radical (unpaired) electrons. The van der Waals surface area contributed by atoms with Crippen LogP contribution in [-0.2, 0) is 4.79 Å². The second-order valence-electron chi connectivity index (χ2n) is 3.06. The first-order valence-electron chi connectivity index (χ1n) is 4.83. The van der Waals surface area contributed by atoms with E-state index in [1.165, 1.54) is 0 Å². The fraction of sp³-hybridized carbons (Fsp3) is 0.500. The summed E-state index contributed by atoms with van der Waals surface area (Å²) in [5, 5.41) is 10.6.